The molecule has 2 rings (SSSR count). The zero-order valence-electron chi connectivity index (χ0n) is 16.1. The molecule has 0 saturated carbocycles. The molecule has 0 aromatic heterocycles. The minimum Gasteiger partial charge on any atom is -0.497 e. The van der Waals surface area contributed by atoms with Crippen LogP contribution in [0.5, 0.6) is 11.5 Å². The molecule has 0 fully saturated rings. The molecule has 2 amide bonds. The van der Waals surface area contributed by atoms with Crippen LogP contribution in [0.15, 0.2) is 58.7 Å². The van der Waals surface area contributed by atoms with E-state index in [4.69, 9.17) is 9.47 Å². The quantitative estimate of drug-likeness (QED) is 0.362. The number of carbonyl (C=O) groups excluding carboxylic acids is 2. The van der Waals surface area contributed by atoms with Crippen molar-refractivity contribution >= 4 is 24.2 Å². The highest BCUT2D eigenvalue weighted by molar-refractivity contribution is 5.96. The fourth-order valence-corrected chi connectivity index (χ4v) is 2.11. The molecular weight excluding hydrogens is 394 g/mol. The highest BCUT2D eigenvalue weighted by Gasteiger charge is 2.15. The van der Waals surface area contributed by atoms with Gasteiger partial charge in [0.2, 0.25) is 0 Å². The Labute approximate surface area is 171 Å². The van der Waals surface area contributed by atoms with Crippen molar-refractivity contribution in [2.45, 2.75) is 6.04 Å². The standard InChI is InChI=1S/C19H19N5O6/c1-29-16-7-3-13(4-8-16)18(25)22-20-11-15(24(27)28)12-21-23-19(26)14-5-9-17(30-2)10-6-14/h3-12,15H,1-2H3,(H,22,25)(H,23,26)/b20-11+,21-12+. The van der Waals surface area contributed by atoms with E-state index in [1.165, 1.54) is 38.5 Å². The van der Waals surface area contributed by atoms with Crippen molar-refractivity contribution in [3.05, 3.63) is 69.8 Å². The number of hydrazone groups is 2. The molecule has 0 heterocycles. The lowest BCUT2D eigenvalue weighted by Gasteiger charge is -2.03. The number of benzene rings is 2. The van der Waals surface area contributed by atoms with Crippen molar-refractivity contribution in [3.8, 4) is 11.5 Å². The number of amides is 2. The topological polar surface area (TPSA) is 145 Å². The van der Waals surface area contributed by atoms with Crippen molar-refractivity contribution < 1.29 is 24.0 Å². The third kappa shape index (κ3) is 6.41. The Hall–Kier alpha value is -4.28. The average Bonchev–Trinajstić information content (AvgIpc) is 2.77. The van der Waals surface area contributed by atoms with Crippen LogP contribution >= 0.6 is 0 Å². The van der Waals surface area contributed by atoms with E-state index in [1.807, 2.05) is 0 Å². The first-order valence-electron chi connectivity index (χ1n) is 8.53. The monoisotopic (exact) mass is 413 g/mol. The summed E-state index contributed by atoms with van der Waals surface area (Å²) in [5, 5.41) is 18.2. The number of nitrogens with one attached hydrogen (secondary N) is 2. The second-order valence-corrected chi connectivity index (χ2v) is 5.67. The summed E-state index contributed by atoms with van der Waals surface area (Å²) in [5.41, 5.74) is 4.96. The van der Waals surface area contributed by atoms with Crippen LogP contribution in [-0.2, 0) is 0 Å². The van der Waals surface area contributed by atoms with Gasteiger partial charge in [-0.25, -0.2) is 10.9 Å². The van der Waals surface area contributed by atoms with E-state index in [0.717, 1.165) is 12.4 Å². The summed E-state index contributed by atoms with van der Waals surface area (Å²) >= 11 is 0. The van der Waals surface area contributed by atoms with E-state index in [2.05, 4.69) is 21.1 Å². The Bertz CT molecular complexity index is 869. The summed E-state index contributed by atoms with van der Waals surface area (Å²) in [6, 6.07) is 11.0. The van der Waals surface area contributed by atoms with Gasteiger partial charge in [0.25, 0.3) is 17.9 Å². The van der Waals surface area contributed by atoms with Crippen molar-refractivity contribution in [2.24, 2.45) is 10.2 Å². The smallest absolute Gasteiger partial charge is 0.286 e. The number of nitrogens with zero attached hydrogens (tertiary/aromatic N) is 3. The number of hydrogen-bond donors (Lipinski definition) is 2. The van der Waals surface area contributed by atoms with Crippen LogP contribution < -0.4 is 20.3 Å². The van der Waals surface area contributed by atoms with E-state index in [0.29, 0.717) is 22.6 Å². The van der Waals surface area contributed by atoms with Gasteiger partial charge in [0.1, 0.15) is 23.9 Å². The molecule has 0 aliphatic heterocycles. The molecule has 30 heavy (non-hydrogen) atoms. The molecule has 0 bridgehead atoms. The number of nitro groups is 1. The molecule has 156 valence electrons. The van der Waals surface area contributed by atoms with E-state index in [9.17, 15) is 19.7 Å². The maximum Gasteiger partial charge on any atom is 0.286 e. The average molecular weight is 413 g/mol. The maximum absolute atomic E-state index is 12.0. The van der Waals surface area contributed by atoms with Gasteiger partial charge in [-0.2, -0.15) is 10.2 Å². The van der Waals surface area contributed by atoms with Crippen molar-refractivity contribution in [1.29, 1.82) is 0 Å². The molecule has 11 nitrogen and oxygen atoms in total. The van der Waals surface area contributed by atoms with Crippen LogP contribution in [0, 0.1) is 10.1 Å². The third-order valence-corrected chi connectivity index (χ3v) is 3.73. The largest absolute Gasteiger partial charge is 0.497 e. The first kappa shape index (κ1) is 22.0. The first-order valence-corrected chi connectivity index (χ1v) is 8.53. The Morgan fingerprint density at radius 1 is 0.867 bits per heavy atom. The molecule has 0 unspecified atom stereocenters. The highest BCUT2D eigenvalue weighted by Crippen LogP contribution is 2.11. The number of methoxy groups -OCH3 is 2. The van der Waals surface area contributed by atoms with Crippen LogP contribution in [0.1, 0.15) is 20.7 Å². The second-order valence-electron chi connectivity index (χ2n) is 5.67. The number of hydrogen-bond acceptors (Lipinski definition) is 8. The van der Waals surface area contributed by atoms with Gasteiger partial charge in [-0.1, -0.05) is 0 Å². The van der Waals surface area contributed by atoms with Gasteiger partial charge >= 0.3 is 0 Å². The fourth-order valence-electron chi connectivity index (χ4n) is 2.11. The van der Waals surface area contributed by atoms with Crippen LogP contribution in [0.3, 0.4) is 0 Å². The number of carbonyl (C=O) groups is 2. The minimum absolute atomic E-state index is 0.297. The van der Waals surface area contributed by atoms with Crippen LogP contribution in [-0.4, -0.2) is 49.4 Å². The summed E-state index contributed by atoms with van der Waals surface area (Å²) < 4.78 is 9.99. The van der Waals surface area contributed by atoms with Crippen molar-refractivity contribution in [3.63, 3.8) is 0 Å². The maximum atomic E-state index is 12.0. The molecule has 0 radical (unpaired) electrons. The lowest BCUT2D eigenvalue weighted by atomic mass is 10.2. The lowest BCUT2D eigenvalue weighted by molar-refractivity contribution is -0.482. The fraction of sp³-hybridized carbons (Fsp3) is 0.158. The predicted octanol–water partition coefficient (Wildman–Crippen LogP) is 1.48. The van der Waals surface area contributed by atoms with Crippen LogP contribution in [0.2, 0.25) is 0 Å². The SMILES string of the molecule is COc1ccc(C(=O)N/N=C/C(/C=N/NC(=O)c2ccc(OC)cc2)[N+](=O)[O-])cc1. The van der Waals surface area contributed by atoms with E-state index < -0.39 is 22.8 Å². The van der Waals surface area contributed by atoms with Gasteiger partial charge in [0.15, 0.2) is 0 Å². The Morgan fingerprint density at radius 3 is 1.53 bits per heavy atom. The molecular formula is C19H19N5O6. The van der Waals surface area contributed by atoms with Gasteiger partial charge < -0.3 is 9.47 Å². The van der Waals surface area contributed by atoms with Crippen LogP contribution in [0.4, 0.5) is 0 Å². The van der Waals surface area contributed by atoms with E-state index in [-0.39, 0.29) is 0 Å². The number of ether oxygens (including phenoxy) is 2. The Morgan fingerprint density at radius 2 is 1.23 bits per heavy atom. The highest BCUT2D eigenvalue weighted by atomic mass is 16.6. The Kier molecular flexibility index (Phi) is 8.00. The molecule has 2 aromatic carbocycles. The molecule has 2 N–H and O–H groups in total. The van der Waals surface area contributed by atoms with Gasteiger partial charge in [-0.15, -0.1) is 0 Å². The summed E-state index contributed by atoms with van der Waals surface area (Å²) in [6.45, 7) is 0. The Balaban J connectivity index is 1.91. The summed E-state index contributed by atoms with van der Waals surface area (Å²) in [6.07, 6.45) is 1.76. The minimum atomic E-state index is -1.46. The van der Waals surface area contributed by atoms with Gasteiger partial charge in [0, 0.05) is 16.1 Å². The predicted molar refractivity (Wildman–Crippen MR) is 109 cm³/mol. The van der Waals surface area contributed by atoms with Crippen LogP contribution in [0.25, 0.3) is 0 Å². The normalized spacial score (nSPS) is 10.9. The molecule has 2 aromatic rings. The third-order valence-electron chi connectivity index (χ3n) is 3.73. The van der Waals surface area contributed by atoms with Gasteiger partial charge in [-0.05, 0) is 48.5 Å². The second kappa shape index (κ2) is 10.9. The van der Waals surface area contributed by atoms with Crippen molar-refractivity contribution in [2.75, 3.05) is 14.2 Å². The van der Waals surface area contributed by atoms with Gasteiger partial charge in [0.05, 0.1) is 14.2 Å². The summed E-state index contributed by atoms with van der Waals surface area (Å²) in [4.78, 5) is 34.3. The van der Waals surface area contributed by atoms with Gasteiger partial charge in [-0.3, -0.25) is 19.7 Å². The molecule has 0 aliphatic carbocycles. The molecule has 11 heteroatoms. The molecule has 0 saturated heterocycles. The summed E-state index contributed by atoms with van der Waals surface area (Å²) in [7, 11) is 3.00. The molecule has 0 atom stereocenters. The van der Waals surface area contributed by atoms with Crippen molar-refractivity contribution in [1.82, 2.24) is 10.9 Å². The van der Waals surface area contributed by atoms with E-state index >= 15 is 0 Å². The number of rotatable bonds is 9. The zero-order valence-corrected chi connectivity index (χ0v) is 16.1. The lowest BCUT2D eigenvalue weighted by Crippen LogP contribution is -2.27. The van der Waals surface area contributed by atoms with E-state index in [1.54, 1.807) is 24.3 Å². The first-order chi connectivity index (χ1) is 14.4. The zero-order chi connectivity index (χ0) is 21.9. The summed E-state index contributed by atoms with van der Waals surface area (Å²) in [5.74, 6) is 0.0502. The molecule has 0 aliphatic rings. The molecule has 0 spiro atoms.